The highest BCUT2D eigenvalue weighted by molar-refractivity contribution is 5.81. The lowest BCUT2D eigenvalue weighted by Crippen LogP contribution is -2.44. The van der Waals surface area contributed by atoms with Crippen LogP contribution in [0.25, 0.3) is 0 Å². The molecule has 0 radical (unpaired) electrons. The second-order valence-corrected chi connectivity index (χ2v) is 22.7. The Labute approximate surface area is 390 Å². The number of methoxy groups -OCH3 is 1. The SMILES string of the molecule is CCCCCCCCCCCCCCCCCCCC(CNC(=O)C(C)(C)CC(C)(C)CC(C)(C)OCCC(C)(C)OC)OCCCCCCCCCCCCCCCCCC. The summed E-state index contributed by atoms with van der Waals surface area (Å²) >= 11 is 0. The Kier molecular flexibility index (Phi) is 39.1. The molecule has 5 nitrogen and oxygen atoms in total. The molecule has 0 bridgehead atoms. The molecule has 0 spiro atoms. The number of rotatable bonds is 48. The first-order valence-corrected chi connectivity index (χ1v) is 27.7. The van der Waals surface area contributed by atoms with E-state index in [1.54, 1.807) is 7.11 Å². The van der Waals surface area contributed by atoms with Crippen molar-refractivity contribution < 1.29 is 19.0 Å². The quantitative estimate of drug-likeness (QED) is 0.0619. The van der Waals surface area contributed by atoms with Gasteiger partial charge in [-0.2, -0.15) is 0 Å². The van der Waals surface area contributed by atoms with Crippen molar-refractivity contribution in [1.29, 1.82) is 0 Å². The highest BCUT2D eigenvalue weighted by atomic mass is 16.5. The molecular formula is C57H115NO4. The van der Waals surface area contributed by atoms with Gasteiger partial charge in [-0.3, -0.25) is 4.79 Å². The molecule has 372 valence electrons. The summed E-state index contributed by atoms with van der Waals surface area (Å²) in [5.41, 5.74) is -1.01. The van der Waals surface area contributed by atoms with E-state index >= 15 is 0 Å². The van der Waals surface area contributed by atoms with Gasteiger partial charge in [0.05, 0.1) is 23.9 Å². The molecule has 1 N–H and O–H groups in total. The van der Waals surface area contributed by atoms with Crippen LogP contribution in [0.15, 0.2) is 0 Å². The Morgan fingerprint density at radius 2 is 0.806 bits per heavy atom. The number of nitrogens with one attached hydrogen (secondary N) is 1. The van der Waals surface area contributed by atoms with E-state index in [1.165, 1.54) is 205 Å². The van der Waals surface area contributed by atoms with E-state index in [1.807, 2.05) is 0 Å². The van der Waals surface area contributed by atoms with E-state index in [-0.39, 0.29) is 28.6 Å². The summed E-state index contributed by atoms with van der Waals surface area (Å²) in [6, 6.07) is 0. The van der Waals surface area contributed by atoms with Gasteiger partial charge in [0.15, 0.2) is 0 Å². The van der Waals surface area contributed by atoms with Crippen molar-refractivity contribution in [1.82, 2.24) is 5.32 Å². The predicted octanol–water partition coefficient (Wildman–Crippen LogP) is 18.2. The fourth-order valence-corrected chi connectivity index (χ4v) is 9.91. The molecule has 0 saturated carbocycles. The van der Waals surface area contributed by atoms with Gasteiger partial charge in [-0.25, -0.2) is 0 Å². The van der Waals surface area contributed by atoms with Crippen LogP contribution >= 0.6 is 0 Å². The number of carbonyl (C=O) groups is 1. The van der Waals surface area contributed by atoms with Gasteiger partial charge >= 0.3 is 0 Å². The summed E-state index contributed by atoms with van der Waals surface area (Å²) in [5, 5.41) is 3.37. The lowest BCUT2D eigenvalue weighted by molar-refractivity contribution is -0.133. The van der Waals surface area contributed by atoms with E-state index < -0.39 is 5.41 Å². The Morgan fingerprint density at radius 1 is 0.452 bits per heavy atom. The van der Waals surface area contributed by atoms with Crippen molar-refractivity contribution in [2.75, 3.05) is 26.9 Å². The van der Waals surface area contributed by atoms with Crippen molar-refractivity contribution in [3.05, 3.63) is 0 Å². The van der Waals surface area contributed by atoms with Gasteiger partial charge in [-0.1, -0.05) is 247 Å². The minimum absolute atomic E-state index is 0.0580. The van der Waals surface area contributed by atoms with Crippen LogP contribution in [0, 0.1) is 10.8 Å². The zero-order valence-corrected chi connectivity index (χ0v) is 44.5. The molecule has 62 heavy (non-hydrogen) atoms. The first kappa shape index (κ1) is 61.4. The van der Waals surface area contributed by atoms with Gasteiger partial charge in [-0.05, 0) is 65.2 Å². The molecule has 0 saturated heterocycles. The minimum Gasteiger partial charge on any atom is -0.379 e. The van der Waals surface area contributed by atoms with Crippen molar-refractivity contribution in [3.8, 4) is 0 Å². The Balaban J connectivity index is 4.66. The lowest BCUT2D eigenvalue weighted by Gasteiger charge is -2.40. The molecule has 0 aromatic carbocycles. The normalized spacial score (nSPS) is 13.3. The van der Waals surface area contributed by atoms with Crippen LogP contribution in [-0.2, 0) is 19.0 Å². The third-order valence-corrected chi connectivity index (χ3v) is 13.7. The van der Waals surface area contributed by atoms with E-state index in [4.69, 9.17) is 14.2 Å². The Bertz CT molecular complexity index is 936. The molecule has 0 fully saturated rings. The van der Waals surface area contributed by atoms with E-state index in [9.17, 15) is 4.79 Å². The van der Waals surface area contributed by atoms with Crippen LogP contribution < -0.4 is 5.32 Å². The molecule has 0 aromatic heterocycles. The minimum atomic E-state index is -0.482. The van der Waals surface area contributed by atoms with Crippen molar-refractivity contribution in [3.63, 3.8) is 0 Å². The summed E-state index contributed by atoms with van der Waals surface area (Å²) < 4.78 is 18.5. The number of hydrogen-bond acceptors (Lipinski definition) is 4. The summed E-state index contributed by atoms with van der Waals surface area (Å²) in [5.74, 6) is 0.143. The molecular weight excluding hydrogens is 763 g/mol. The molecule has 1 atom stereocenters. The molecule has 0 aliphatic rings. The number of ether oxygens (including phenoxy) is 3. The maximum Gasteiger partial charge on any atom is 0.225 e. The van der Waals surface area contributed by atoms with Crippen LogP contribution in [0.5, 0.6) is 0 Å². The molecule has 0 aromatic rings. The standard InChI is InChI=1S/C57H115NO4/c1-12-14-16-18-20-22-24-26-28-30-31-33-35-37-39-41-43-45-52(61-47-44-42-40-38-36-34-32-29-27-25-23-21-19-17-15-13-2)49-58-53(59)55(5,6)50-54(3,4)51-57(9,10)62-48-46-56(7,8)60-11/h52H,12-51H2,1-11H3,(H,58,59). The summed E-state index contributed by atoms with van der Waals surface area (Å²) in [6.07, 6.45) is 49.4. The number of unbranched alkanes of at least 4 members (excludes halogenated alkanes) is 31. The lowest BCUT2D eigenvalue weighted by atomic mass is 9.70. The topological polar surface area (TPSA) is 56.8 Å². The first-order chi connectivity index (χ1) is 29.6. The zero-order valence-electron chi connectivity index (χ0n) is 44.5. The van der Waals surface area contributed by atoms with Gasteiger partial charge in [0.2, 0.25) is 5.91 Å². The third kappa shape index (κ3) is 39.7. The average Bonchev–Trinajstić information content (AvgIpc) is 3.20. The van der Waals surface area contributed by atoms with Gasteiger partial charge in [0.1, 0.15) is 0 Å². The molecule has 0 aliphatic carbocycles. The highest BCUT2D eigenvalue weighted by Crippen LogP contribution is 2.40. The van der Waals surface area contributed by atoms with Gasteiger partial charge < -0.3 is 19.5 Å². The summed E-state index contributed by atoms with van der Waals surface area (Å²) in [7, 11) is 1.76. The monoisotopic (exact) mass is 878 g/mol. The van der Waals surface area contributed by atoms with Crippen LogP contribution in [0.1, 0.15) is 307 Å². The zero-order chi connectivity index (χ0) is 46.3. The van der Waals surface area contributed by atoms with Crippen molar-refractivity contribution in [2.45, 2.75) is 324 Å². The third-order valence-electron chi connectivity index (χ3n) is 13.7. The first-order valence-electron chi connectivity index (χ1n) is 27.7. The van der Waals surface area contributed by atoms with Crippen LogP contribution in [0.4, 0.5) is 0 Å². The Morgan fingerprint density at radius 3 is 1.18 bits per heavy atom. The smallest absolute Gasteiger partial charge is 0.225 e. The second-order valence-electron chi connectivity index (χ2n) is 22.7. The summed E-state index contributed by atoms with van der Waals surface area (Å²) in [4.78, 5) is 13.8. The van der Waals surface area contributed by atoms with Gasteiger partial charge in [0.25, 0.3) is 0 Å². The van der Waals surface area contributed by atoms with Gasteiger partial charge in [-0.15, -0.1) is 0 Å². The maximum absolute atomic E-state index is 13.8. The average molecular weight is 879 g/mol. The number of hydrogen-bond donors (Lipinski definition) is 1. The molecule has 1 amide bonds. The van der Waals surface area contributed by atoms with E-state index in [0.29, 0.717) is 13.2 Å². The number of amides is 1. The maximum atomic E-state index is 13.8. The second kappa shape index (κ2) is 39.5. The van der Waals surface area contributed by atoms with Crippen molar-refractivity contribution in [2.24, 2.45) is 10.8 Å². The van der Waals surface area contributed by atoms with E-state index in [2.05, 4.69) is 74.6 Å². The molecule has 0 heterocycles. The fraction of sp³-hybridized carbons (Fsp3) is 0.982. The molecule has 5 heteroatoms. The molecule has 1 unspecified atom stereocenters. The fourth-order valence-electron chi connectivity index (χ4n) is 9.91. The number of carbonyl (C=O) groups excluding carboxylic acids is 1. The van der Waals surface area contributed by atoms with Crippen molar-refractivity contribution >= 4 is 5.91 Å². The Hall–Kier alpha value is -0.650. The predicted molar refractivity (Wildman–Crippen MR) is 274 cm³/mol. The van der Waals surface area contributed by atoms with Crippen LogP contribution in [0.3, 0.4) is 0 Å². The van der Waals surface area contributed by atoms with E-state index in [0.717, 1.165) is 38.7 Å². The highest BCUT2D eigenvalue weighted by Gasteiger charge is 2.38. The largest absolute Gasteiger partial charge is 0.379 e. The van der Waals surface area contributed by atoms with Gasteiger partial charge in [0, 0.05) is 25.7 Å². The van der Waals surface area contributed by atoms with Crippen LogP contribution in [0.2, 0.25) is 0 Å². The summed E-state index contributed by atoms with van der Waals surface area (Å²) in [6.45, 7) is 24.1. The molecule has 0 rings (SSSR count). The molecule has 0 aliphatic heterocycles. The van der Waals surface area contributed by atoms with Crippen LogP contribution in [-0.4, -0.2) is 50.1 Å².